The number of benzene rings is 2. The number of halogens is 2. The van der Waals surface area contributed by atoms with Crippen LogP contribution < -0.4 is 18.5 Å². The van der Waals surface area contributed by atoms with E-state index in [4.69, 9.17) is 14.2 Å². The van der Waals surface area contributed by atoms with Gasteiger partial charge in [0.2, 0.25) is 0 Å². The third-order valence-electron chi connectivity index (χ3n) is 7.57. The van der Waals surface area contributed by atoms with Crippen LogP contribution in [0.2, 0.25) is 0 Å². The molecule has 43 heavy (non-hydrogen) atoms. The number of nitrogens with zero attached hydrogens (tertiary/aromatic N) is 5. The highest BCUT2D eigenvalue weighted by atomic mass is 32.2. The zero-order chi connectivity index (χ0) is 30.6. The minimum atomic E-state index is -4.82. The van der Waals surface area contributed by atoms with Crippen LogP contribution in [0.3, 0.4) is 0 Å². The van der Waals surface area contributed by atoms with Crippen LogP contribution in [0.4, 0.5) is 14.6 Å². The molecule has 2 atom stereocenters. The average Bonchev–Trinajstić information content (AvgIpc) is 3.49. The maximum atomic E-state index is 15.7. The van der Waals surface area contributed by atoms with E-state index in [0.717, 1.165) is 47.7 Å². The molecule has 0 bridgehead atoms. The van der Waals surface area contributed by atoms with E-state index >= 15 is 8.78 Å². The maximum absolute atomic E-state index is 15.7. The number of sulfonamides is 1. The summed E-state index contributed by atoms with van der Waals surface area (Å²) in [5.41, 5.74) is 1.42. The number of anilines is 1. The maximum Gasteiger partial charge on any atom is 0.271 e. The van der Waals surface area contributed by atoms with Gasteiger partial charge in [-0.1, -0.05) is 6.42 Å². The van der Waals surface area contributed by atoms with Crippen LogP contribution in [0.15, 0.2) is 66.1 Å². The van der Waals surface area contributed by atoms with Gasteiger partial charge in [-0.15, -0.1) is 0 Å². The van der Waals surface area contributed by atoms with Crippen molar-refractivity contribution < 1.29 is 31.4 Å². The monoisotopic (exact) mass is 613 g/mol. The predicted molar refractivity (Wildman–Crippen MR) is 155 cm³/mol. The molecule has 1 aliphatic carbocycles. The van der Waals surface area contributed by atoms with Crippen LogP contribution >= 0.6 is 0 Å². The lowest BCUT2D eigenvalue weighted by molar-refractivity contribution is 0.125. The van der Waals surface area contributed by atoms with E-state index < -0.39 is 26.6 Å². The highest BCUT2D eigenvalue weighted by molar-refractivity contribution is 7.92. The van der Waals surface area contributed by atoms with Gasteiger partial charge in [0.25, 0.3) is 10.0 Å². The van der Waals surface area contributed by atoms with Crippen LogP contribution in [0, 0.1) is 11.6 Å². The average molecular weight is 614 g/mol. The summed E-state index contributed by atoms with van der Waals surface area (Å²) in [7, 11) is -1.91. The van der Waals surface area contributed by atoms with E-state index in [2.05, 4.69) is 15.1 Å². The minimum absolute atomic E-state index is 0.0153. The second kappa shape index (κ2) is 12.9. The van der Waals surface area contributed by atoms with Crippen molar-refractivity contribution in [3.05, 3.63) is 84.1 Å². The molecule has 1 aliphatic rings. The van der Waals surface area contributed by atoms with Gasteiger partial charge >= 0.3 is 0 Å². The molecule has 0 saturated heterocycles. The number of hydrogen-bond donors (Lipinski definition) is 0. The fourth-order valence-corrected chi connectivity index (χ4v) is 6.99. The normalized spacial score (nSPS) is 17.0. The summed E-state index contributed by atoms with van der Waals surface area (Å²) < 4.78 is 78.8. The molecule has 228 valence electrons. The zero-order valence-corrected chi connectivity index (χ0v) is 24.9. The lowest BCUT2D eigenvalue weighted by atomic mass is 9.84. The lowest BCUT2D eigenvalue weighted by Crippen LogP contribution is -2.33. The van der Waals surface area contributed by atoms with Gasteiger partial charge in [-0.2, -0.15) is 5.10 Å². The Labute approximate surface area is 249 Å². The Morgan fingerprint density at radius 2 is 1.74 bits per heavy atom. The fourth-order valence-electron chi connectivity index (χ4n) is 5.49. The van der Waals surface area contributed by atoms with E-state index in [1.807, 2.05) is 17.7 Å². The number of rotatable bonds is 11. The first-order valence-corrected chi connectivity index (χ1v) is 15.4. The topological polar surface area (TPSA) is 109 Å². The van der Waals surface area contributed by atoms with E-state index in [-0.39, 0.29) is 30.1 Å². The molecule has 0 spiro atoms. The minimum Gasteiger partial charge on any atom is -0.497 e. The molecule has 0 amide bonds. The number of aromatic nitrogens is 4. The van der Waals surface area contributed by atoms with Crippen molar-refractivity contribution in [1.82, 2.24) is 19.7 Å². The largest absolute Gasteiger partial charge is 0.497 e. The van der Waals surface area contributed by atoms with Gasteiger partial charge in [-0.25, -0.2) is 31.5 Å². The Morgan fingerprint density at radius 1 is 0.977 bits per heavy atom. The highest BCUT2D eigenvalue weighted by Gasteiger charge is 2.35. The summed E-state index contributed by atoms with van der Waals surface area (Å²) in [6, 6.07) is 9.94. The van der Waals surface area contributed by atoms with Crippen LogP contribution in [-0.2, 0) is 23.1 Å². The molecule has 2 heterocycles. The highest BCUT2D eigenvalue weighted by Crippen LogP contribution is 2.38. The molecule has 2 aromatic heterocycles. The van der Waals surface area contributed by atoms with Crippen LogP contribution in [-0.4, -0.2) is 48.5 Å². The molecule has 0 N–H and O–H groups in total. The van der Waals surface area contributed by atoms with Crippen molar-refractivity contribution in [1.29, 1.82) is 0 Å². The molecular formula is C30H33F2N5O5S. The van der Waals surface area contributed by atoms with E-state index in [1.54, 1.807) is 24.4 Å². The first-order chi connectivity index (χ1) is 20.8. The summed E-state index contributed by atoms with van der Waals surface area (Å²) in [5, 5.41) is 4.36. The Morgan fingerprint density at radius 3 is 2.42 bits per heavy atom. The predicted octanol–water partition coefficient (Wildman–Crippen LogP) is 5.49. The first kappa shape index (κ1) is 30.2. The fraction of sp³-hybridized carbons (Fsp3) is 0.367. The van der Waals surface area contributed by atoms with Crippen molar-refractivity contribution in [3.8, 4) is 17.2 Å². The number of aryl methyl sites for hydroxylation is 1. The van der Waals surface area contributed by atoms with Gasteiger partial charge in [-0.3, -0.25) is 4.68 Å². The first-order valence-electron chi connectivity index (χ1n) is 13.9. The summed E-state index contributed by atoms with van der Waals surface area (Å²) in [6.07, 6.45) is 7.30. The molecule has 10 nitrogen and oxygen atoms in total. The second-order valence-electron chi connectivity index (χ2n) is 10.1. The van der Waals surface area contributed by atoms with E-state index in [0.29, 0.717) is 30.0 Å². The van der Waals surface area contributed by atoms with Crippen LogP contribution in [0.1, 0.15) is 49.8 Å². The summed E-state index contributed by atoms with van der Waals surface area (Å²) >= 11 is 0. The lowest BCUT2D eigenvalue weighted by Gasteiger charge is -2.32. The number of hydrogen-bond acceptors (Lipinski definition) is 8. The van der Waals surface area contributed by atoms with Gasteiger partial charge < -0.3 is 14.2 Å². The molecule has 0 unspecified atom stereocenters. The molecule has 5 rings (SSSR count). The molecule has 0 radical (unpaired) electrons. The third kappa shape index (κ3) is 6.26. The molecule has 1 fully saturated rings. The number of ether oxygens (including phenoxy) is 3. The molecule has 1 saturated carbocycles. The van der Waals surface area contributed by atoms with Gasteiger partial charge in [0.1, 0.15) is 47.1 Å². The Balaban J connectivity index is 1.49. The second-order valence-corrected chi connectivity index (χ2v) is 11.9. The Kier molecular flexibility index (Phi) is 9.09. The van der Waals surface area contributed by atoms with Crippen molar-refractivity contribution in [2.45, 2.75) is 62.6 Å². The Bertz CT molecular complexity index is 1650. The van der Waals surface area contributed by atoms with Crippen LogP contribution in [0.25, 0.3) is 0 Å². The third-order valence-corrected chi connectivity index (χ3v) is 9.37. The smallest absolute Gasteiger partial charge is 0.271 e. The van der Waals surface area contributed by atoms with Crippen molar-refractivity contribution in [2.24, 2.45) is 0 Å². The van der Waals surface area contributed by atoms with E-state index in [9.17, 15) is 8.42 Å². The Hall–Kier alpha value is -4.26. The van der Waals surface area contributed by atoms with E-state index in [1.165, 1.54) is 26.5 Å². The van der Waals surface area contributed by atoms with Crippen molar-refractivity contribution >= 4 is 15.8 Å². The molecular weight excluding hydrogens is 580 g/mol. The summed E-state index contributed by atoms with van der Waals surface area (Å²) in [6.45, 7) is 2.35. The summed E-state index contributed by atoms with van der Waals surface area (Å²) in [4.78, 5) is 6.77. The van der Waals surface area contributed by atoms with Crippen molar-refractivity contribution in [3.63, 3.8) is 0 Å². The molecule has 13 heteroatoms. The standard InChI is InChI=1S/C30H33F2N5O5S/c1-4-36-26(11-14-35-36)23-7-5-6-8-27(23)42-22-15-24(31)30(25(32)16-22)43(38,39)37(29-12-13-33-19-34-29)18-20-9-10-21(40-2)17-28(20)41-3/h9-17,19,23,27H,4-8,18H2,1-3H3/t23-,27+/m1/s1. The van der Waals surface area contributed by atoms with Gasteiger partial charge in [0, 0.05) is 60.4 Å². The molecule has 2 aromatic carbocycles. The van der Waals surface area contributed by atoms with Gasteiger partial charge in [0.05, 0.1) is 20.8 Å². The van der Waals surface area contributed by atoms with Gasteiger partial charge in [-0.05, 0) is 44.4 Å². The quantitative estimate of drug-likeness (QED) is 0.219. The molecule has 0 aliphatic heterocycles. The summed E-state index contributed by atoms with van der Waals surface area (Å²) in [5.74, 6) is -1.92. The van der Waals surface area contributed by atoms with Gasteiger partial charge in [0.15, 0.2) is 4.90 Å². The number of methoxy groups -OCH3 is 2. The molecule has 4 aromatic rings. The SMILES string of the molecule is CCn1nccc1[C@H]1CCCC[C@@H]1Oc1cc(F)c(S(=O)(=O)N(Cc2ccc(OC)cc2OC)c2ccncn2)c(F)c1. The zero-order valence-electron chi connectivity index (χ0n) is 24.1. The van der Waals surface area contributed by atoms with Crippen molar-refractivity contribution in [2.75, 3.05) is 18.5 Å². The van der Waals surface area contributed by atoms with Crippen LogP contribution in [0.5, 0.6) is 17.2 Å².